The number of rotatable bonds is 7. The first-order valence-corrected chi connectivity index (χ1v) is 9.75. The maximum atomic E-state index is 14.6. The van der Waals surface area contributed by atoms with Gasteiger partial charge in [-0.25, -0.2) is 23.2 Å². The van der Waals surface area contributed by atoms with E-state index in [0.717, 1.165) is 18.7 Å². The predicted molar refractivity (Wildman–Crippen MR) is 107 cm³/mol. The van der Waals surface area contributed by atoms with Crippen LogP contribution in [-0.2, 0) is 11.8 Å². The quantitative estimate of drug-likeness (QED) is 0.724. The summed E-state index contributed by atoms with van der Waals surface area (Å²) in [6.45, 7) is 4.95. The van der Waals surface area contributed by atoms with Gasteiger partial charge in [-0.3, -0.25) is 0 Å². The van der Waals surface area contributed by atoms with E-state index in [-0.39, 0.29) is 24.5 Å². The van der Waals surface area contributed by atoms with E-state index in [0.29, 0.717) is 23.6 Å². The van der Waals surface area contributed by atoms with Crippen molar-refractivity contribution in [2.75, 3.05) is 13.2 Å². The molecule has 1 heterocycles. The SMILES string of the molecule is Cn1nc(C2CC2)nc1-c1ccc(OC/C(=C/F)CNC(=O)OC(C)(C)C)cc1F. The van der Waals surface area contributed by atoms with Crippen LogP contribution in [0.15, 0.2) is 30.1 Å². The van der Waals surface area contributed by atoms with Crippen LogP contribution in [0.2, 0.25) is 0 Å². The minimum Gasteiger partial charge on any atom is -0.489 e. The van der Waals surface area contributed by atoms with Crippen LogP contribution in [0.1, 0.15) is 45.4 Å². The fourth-order valence-electron chi connectivity index (χ4n) is 2.72. The summed E-state index contributed by atoms with van der Waals surface area (Å²) in [6.07, 6.45) is 1.81. The highest BCUT2D eigenvalue weighted by molar-refractivity contribution is 5.68. The number of nitrogens with zero attached hydrogens (tertiary/aromatic N) is 3. The zero-order valence-corrected chi connectivity index (χ0v) is 17.5. The van der Waals surface area contributed by atoms with Crippen molar-refractivity contribution >= 4 is 6.09 Å². The molecular formula is C21H26F2N4O3. The number of halogens is 2. The Morgan fingerprint density at radius 2 is 2.10 bits per heavy atom. The first kappa shape index (κ1) is 21.7. The predicted octanol–water partition coefficient (Wildman–Crippen LogP) is 4.26. The molecule has 0 saturated heterocycles. The Kier molecular flexibility index (Phi) is 6.38. The largest absolute Gasteiger partial charge is 0.489 e. The van der Waals surface area contributed by atoms with Gasteiger partial charge in [-0.1, -0.05) is 0 Å². The third kappa shape index (κ3) is 5.77. The Hall–Kier alpha value is -2.97. The highest BCUT2D eigenvalue weighted by Crippen LogP contribution is 2.39. The summed E-state index contributed by atoms with van der Waals surface area (Å²) in [7, 11) is 1.73. The van der Waals surface area contributed by atoms with E-state index < -0.39 is 17.5 Å². The van der Waals surface area contributed by atoms with Crippen LogP contribution in [0.5, 0.6) is 5.75 Å². The van der Waals surface area contributed by atoms with E-state index >= 15 is 0 Å². The van der Waals surface area contributed by atoms with Gasteiger partial charge in [0.05, 0.1) is 11.9 Å². The number of amides is 1. The van der Waals surface area contributed by atoms with Crippen LogP contribution in [0, 0.1) is 5.82 Å². The molecule has 162 valence electrons. The summed E-state index contributed by atoms with van der Waals surface area (Å²) in [5, 5.41) is 6.80. The number of hydrogen-bond acceptors (Lipinski definition) is 5. The maximum absolute atomic E-state index is 14.6. The van der Waals surface area contributed by atoms with Crippen molar-refractivity contribution in [3.05, 3.63) is 41.7 Å². The molecule has 30 heavy (non-hydrogen) atoms. The molecule has 1 N–H and O–H groups in total. The molecule has 1 saturated carbocycles. The summed E-state index contributed by atoms with van der Waals surface area (Å²) in [5.41, 5.74) is -0.161. The van der Waals surface area contributed by atoms with Gasteiger partial charge in [0.2, 0.25) is 0 Å². The lowest BCUT2D eigenvalue weighted by Gasteiger charge is -2.20. The van der Waals surface area contributed by atoms with Gasteiger partial charge in [-0.05, 0) is 45.7 Å². The van der Waals surface area contributed by atoms with Crippen LogP contribution in [0.25, 0.3) is 11.4 Å². The van der Waals surface area contributed by atoms with E-state index in [4.69, 9.17) is 9.47 Å². The third-order valence-electron chi connectivity index (χ3n) is 4.34. The Labute approximate surface area is 174 Å². The molecule has 1 amide bonds. The molecule has 3 rings (SSSR count). The molecule has 0 atom stereocenters. The molecule has 0 spiro atoms. The van der Waals surface area contributed by atoms with E-state index in [1.54, 1.807) is 44.6 Å². The number of ether oxygens (including phenoxy) is 2. The minimum atomic E-state index is -0.661. The Morgan fingerprint density at radius 1 is 1.37 bits per heavy atom. The summed E-state index contributed by atoms with van der Waals surface area (Å²) in [4.78, 5) is 16.1. The van der Waals surface area contributed by atoms with E-state index in [1.807, 2.05) is 0 Å². The normalized spacial score (nSPS) is 14.5. The number of hydrogen-bond donors (Lipinski definition) is 1. The number of aromatic nitrogens is 3. The van der Waals surface area contributed by atoms with Gasteiger partial charge >= 0.3 is 6.09 Å². The van der Waals surface area contributed by atoms with Crippen LogP contribution in [-0.4, -0.2) is 39.6 Å². The fourth-order valence-corrected chi connectivity index (χ4v) is 2.72. The van der Waals surface area contributed by atoms with Gasteiger partial charge in [0.25, 0.3) is 0 Å². The number of carbonyl (C=O) groups excluding carboxylic acids is 1. The highest BCUT2D eigenvalue weighted by Gasteiger charge is 2.29. The molecule has 2 aromatic rings. The van der Waals surface area contributed by atoms with Crippen molar-refractivity contribution in [3.8, 4) is 17.1 Å². The fraction of sp³-hybridized carbons (Fsp3) is 0.476. The molecule has 0 aliphatic heterocycles. The van der Waals surface area contributed by atoms with Crippen molar-refractivity contribution in [2.45, 2.75) is 45.1 Å². The molecule has 1 aliphatic carbocycles. The van der Waals surface area contributed by atoms with E-state index in [9.17, 15) is 13.6 Å². The molecule has 9 heteroatoms. The number of aryl methyl sites for hydroxylation is 1. The van der Waals surface area contributed by atoms with Crippen molar-refractivity contribution in [2.24, 2.45) is 7.05 Å². The van der Waals surface area contributed by atoms with Crippen molar-refractivity contribution in [3.63, 3.8) is 0 Å². The Morgan fingerprint density at radius 3 is 2.70 bits per heavy atom. The van der Waals surface area contributed by atoms with Gasteiger partial charge in [0.1, 0.15) is 23.8 Å². The Bertz CT molecular complexity index is 946. The smallest absolute Gasteiger partial charge is 0.407 e. The van der Waals surface area contributed by atoms with Gasteiger partial charge in [0, 0.05) is 31.1 Å². The minimum absolute atomic E-state index is 0.0884. The second-order valence-corrected chi connectivity index (χ2v) is 8.24. The molecule has 1 aliphatic rings. The summed E-state index contributed by atoms with van der Waals surface area (Å²) in [6, 6.07) is 4.36. The first-order chi connectivity index (χ1) is 14.2. The number of carbonyl (C=O) groups is 1. The van der Waals surface area contributed by atoms with Gasteiger partial charge < -0.3 is 14.8 Å². The molecule has 1 aromatic heterocycles. The number of nitrogens with one attached hydrogen (secondary N) is 1. The van der Waals surface area contributed by atoms with Gasteiger partial charge in [-0.2, -0.15) is 5.10 Å². The summed E-state index contributed by atoms with van der Waals surface area (Å²) < 4.78 is 39.9. The monoisotopic (exact) mass is 420 g/mol. The lowest BCUT2D eigenvalue weighted by Crippen LogP contribution is -2.34. The van der Waals surface area contributed by atoms with Crippen molar-refractivity contribution in [1.29, 1.82) is 0 Å². The van der Waals surface area contributed by atoms with Gasteiger partial charge in [-0.15, -0.1) is 0 Å². The highest BCUT2D eigenvalue weighted by atomic mass is 19.1. The second-order valence-electron chi connectivity index (χ2n) is 8.24. The van der Waals surface area contributed by atoms with E-state index in [2.05, 4.69) is 15.4 Å². The zero-order valence-electron chi connectivity index (χ0n) is 17.5. The zero-order chi connectivity index (χ0) is 21.9. The number of benzene rings is 1. The van der Waals surface area contributed by atoms with Crippen molar-refractivity contribution in [1.82, 2.24) is 20.1 Å². The number of alkyl carbamates (subject to hydrolysis) is 1. The van der Waals surface area contributed by atoms with Crippen LogP contribution in [0.4, 0.5) is 13.6 Å². The molecule has 7 nitrogen and oxygen atoms in total. The lowest BCUT2D eigenvalue weighted by atomic mass is 10.2. The Balaban J connectivity index is 1.58. The second kappa shape index (κ2) is 8.81. The molecule has 0 bridgehead atoms. The topological polar surface area (TPSA) is 78.3 Å². The average molecular weight is 420 g/mol. The molecule has 0 radical (unpaired) electrons. The molecule has 0 unspecified atom stereocenters. The maximum Gasteiger partial charge on any atom is 0.407 e. The first-order valence-electron chi connectivity index (χ1n) is 9.75. The lowest BCUT2D eigenvalue weighted by molar-refractivity contribution is 0.0531. The molecule has 1 fully saturated rings. The van der Waals surface area contributed by atoms with Gasteiger partial charge in [0.15, 0.2) is 11.6 Å². The van der Waals surface area contributed by atoms with Crippen molar-refractivity contribution < 1.29 is 23.0 Å². The van der Waals surface area contributed by atoms with E-state index in [1.165, 1.54) is 6.07 Å². The molecular weight excluding hydrogens is 394 g/mol. The van der Waals surface area contributed by atoms with Crippen LogP contribution < -0.4 is 10.1 Å². The molecule has 1 aromatic carbocycles. The third-order valence-corrected chi connectivity index (χ3v) is 4.34. The summed E-state index contributed by atoms with van der Waals surface area (Å²) in [5.74, 6) is 1.28. The van der Waals surface area contributed by atoms with Crippen LogP contribution in [0.3, 0.4) is 0 Å². The average Bonchev–Trinajstić information content (AvgIpc) is 3.43. The summed E-state index contributed by atoms with van der Waals surface area (Å²) >= 11 is 0. The standard InChI is InChI=1S/C21H26F2N4O3/c1-21(2,3)30-20(28)24-11-13(10-22)12-29-15-7-8-16(17(23)9-15)19-25-18(14-5-6-14)26-27(19)4/h7-10,14H,5-6,11-12H2,1-4H3,(H,24,28)/b13-10+. The van der Waals surface area contributed by atoms with Crippen LogP contribution >= 0.6 is 0 Å².